The number of hydroxylamine groups is 2. The van der Waals surface area contributed by atoms with Crippen molar-refractivity contribution < 1.29 is 9.26 Å². The lowest BCUT2D eigenvalue weighted by atomic mass is 10.1. The standard InChI is InChI=1S/C14H29NO2Si/c1-8-9-13-10-12(15(5)17-13)11-16-18(6,7)14(2,3)4/h8,12-13H,1,9-11H2,2-7H3/t12-,13?/m1/s1. The summed E-state index contributed by atoms with van der Waals surface area (Å²) in [6, 6.07) is 0.379. The highest BCUT2D eigenvalue weighted by Crippen LogP contribution is 2.37. The van der Waals surface area contributed by atoms with Crippen molar-refractivity contribution in [2.24, 2.45) is 0 Å². The Morgan fingerprint density at radius 1 is 1.44 bits per heavy atom. The van der Waals surface area contributed by atoms with E-state index in [0.29, 0.717) is 6.04 Å². The molecule has 18 heavy (non-hydrogen) atoms. The molecule has 0 aromatic rings. The van der Waals surface area contributed by atoms with Crippen molar-refractivity contribution >= 4 is 8.32 Å². The lowest BCUT2D eigenvalue weighted by Gasteiger charge is -2.37. The average Bonchev–Trinajstić information content (AvgIpc) is 2.55. The van der Waals surface area contributed by atoms with Gasteiger partial charge in [-0.2, -0.15) is 5.06 Å². The third-order valence-corrected chi connectivity index (χ3v) is 8.74. The monoisotopic (exact) mass is 271 g/mol. The van der Waals surface area contributed by atoms with Crippen LogP contribution in [0.4, 0.5) is 0 Å². The first-order chi connectivity index (χ1) is 8.17. The fourth-order valence-electron chi connectivity index (χ4n) is 1.84. The first-order valence-corrected chi connectivity index (χ1v) is 9.72. The molecule has 0 spiro atoms. The quantitative estimate of drug-likeness (QED) is 0.563. The lowest BCUT2D eigenvalue weighted by molar-refractivity contribution is -0.146. The van der Waals surface area contributed by atoms with Gasteiger partial charge in [-0.25, -0.2) is 0 Å². The molecule has 1 aliphatic heterocycles. The molecule has 0 radical (unpaired) electrons. The maximum absolute atomic E-state index is 6.27. The van der Waals surface area contributed by atoms with Crippen molar-refractivity contribution in [2.75, 3.05) is 13.7 Å². The zero-order valence-corrected chi connectivity index (χ0v) is 13.8. The number of hydrogen-bond acceptors (Lipinski definition) is 3. The smallest absolute Gasteiger partial charge is 0.192 e. The van der Waals surface area contributed by atoms with Gasteiger partial charge in [0.25, 0.3) is 0 Å². The molecule has 0 aromatic heterocycles. The molecule has 1 saturated heterocycles. The molecule has 106 valence electrons. The molecule has 1 heterocycles. The molecule has 4 heteroatoms. The molecule has 3 nitrogen and oxygen atoms in total. The van der Waals surface area contributed by atoms with Crippen molar-refractivity contribution in [3.8, 4) is 0 Å². The second-order valence-corrected chi connectivity index (χ2v) is 11.6. The molecule has 0 N–H and O–H groups in total. The highest BCUT2D eigenvalue weighted by Gasteiger charge is 2.39. The summed E-state index contributed by atoms with van der Waals surface area (Å²) in [5.41, 5.74) is 0. The summed E-state index contributed by atoms with van der Waals surface area (Å²) in [5, 5.41) is 2.23. The van der Waals surface area contributed by atoms with E-state index in [0.717, 1.165) is 19.4 Å². The maximum Gasteiger partial charge on any atom is 0.192 e. The van der Waals surface area contributed by atoms with Gasteiger partial charge in [-0.05, 0) is 31.0 Å². The number of nitrogens with zero attached hydrogens (tertiary/aromatic N) is 1. The van der Waals surface area contributed by atoms with Crippen LogP contribution in [0.1, 0.15) is 33.6 Å². The van der Waals surface area contributed by atoms with Crippen LogP contribution in [0.3, 0.4) is 0 Å². The number of rotatable bonds is 5. The second kappa shape index (κ2) is 5.86. The SMILES string of the molecule is C=CCC1C[C@H](CO[Si](C)(C)C(C)(C)C)N(C)O1. The van der Waals surface area contributed by atoms with Crippen LogP contribution in [-0.2, 0) is 9.26 Å². The summed E-state index contributed by atoms with van der Waals surface area (Å²) in [6.07, 6.45) is 4.16. The molecule has 1 fully saturated rings. The summed E-state index contributed by atoms with van der Waals surface area (Å²) >= 11 is 0. The van der Waals surface area contributed by atoms with Crippen molar-refractivity contribution in [1.29, 1.82) is 0 Å². The van der Waals surface area contributed by atoms with Crippen LogP contribution in [0.15, 0.2) is 12.7 Å². The van der Waals surface area contributed by atoms with Crippen molar-refractivity contribution in [2.45, 2.75) is 63.9 Å². The van der Waals surface area contributed by atoms with Crippen molar-refractivity contribution in [1.82, 2.24) is 5.06 Å². The predicted molar refractivity (Wildman–Crippen MR) is 79.0 cm³/mol. The van der Waals surface area contributed by atoms with E-state index in [1.54, 1.807) is 0 Å². The Kier molecular flexibility index (Phi) is 5.18. The zero-order valence-electron chi connectivity index (χ0n) is 12.8. The van der Waals surface area contributed by atoms with Crippen molar-refractivity contribution in [3.05, 3.63) is 12.7 Å². The Bertz CT molecular complexity index is 286. The maximum atomic E-state index is 6.27. The minimum absolute atomic E-state index is 0.269. The molecule has 0 amide bonds. The molecule has 1 aliphatic rings. The molecular formula is C14H29NO2Si. The molecule has 1 unspecified atom stereocenters. The molecule has 0 aromatic carbocycles. The van der Waals surface area contributed by atoms with Crippen LogP contribution in [-0.4, -0.2) is 39.2 Å². The number of hydrogen-bond donors (Lipinski definition) is 0. The van der Waals surface area contributed by atoms with E-state index in [1.807, 2.05) is 18.2 Å². The van der Waals surface area contributed by atoms with Gasteiger partial charge in [0.2, 0.25) is 0 Å². The summed E-state index contributed by atoms with van der Waals surface area (Å²) in [6.45, 7) is 16.0. The van der Waals surface area contributed by atoms with Gasteiger partial charge in [-0.1, -0.05) is 26.8 Å². The molecule has 1 rings (SSSR count). The minimum atomic E-state index is -1.64. The van der Waals surface area contributed by atoms with E-state index in [9.17, 15) is 0 Å². The highest BCUT2D eigenvalue weighted by atomic mass is 28.4. The first-order valence-electron chi connectivity index (χ1n) is 6.82. The van der Waals surface area contributed by atoms with Gasteiger partial charge >= 0.3 is 0 Å². The second-order valence-electron chi connectivity index (χ2n) is 6.76. The Balaban J connectivity index is 2.47. The van der Waals surface area contributed by atoms with Gasteiger partial charge in [0.1, 0.15) is 0 Å². The van der Waals surface area contributed by atoms with E-state index in [-0.39, 0.29) is 11.1 Å². The lowest BCUT2D eigenvalue weighted by Crippen LogP contribution is -2.44. The van der Waals surface area contributed by atoms with Crippen molar-refractivity contribution in [3.63, 3.8) is 0 Å². The Morgan fingerprint density at radius 3 is 2.56 bits per heavy atom. The number of likely N-dealkylation sites (N-methyl/N-ethyl adjacent to an activating group) is 1. The van der Waals surface area contributed by atoms with Crippen LogP contribution in [0.25, 0.3) is 0 Å². The van der Waals surface area contributed by atoms with Gasteiger partial charge in [0.15, 0.2) is 8.32 Å². The summed E-state index contributed by atoms with van der Waals surface area (Å²) in [7, 11) is 0.358. The van der Waals surface area contributed by atoms with E-state index < -0.39 is 8.32 Å². The molecule has 0 saturated carbocycles. The topological polar surface area (TPSA) is 21.7 Å². The minimum Gasteiger partial charge on any atom is -0.415 e. The van der Waals surface area contributed by atoms with E-state index in [1.165, 1.54) is 0 Å². The molecule has 0 bridgehead atoms. The fraction of sp³-hybridized carbons (Fsp3) is 0.857. The van der Waals surface area contributed by atoms with Gasteiger partial charge in [0, 0.05) is 7.05 Å². The Labute approximate surface area is 113 Å². The molecule has 0 aliphatic carbocycles. The van der Waals surface area contributed by atoms with Crippen LogP contribution in [0.2, 0.25) is 18.1 Å². The fourth-order valence-corrected chi connectivity index (χ4v) is 2.88. The van der Waals surface area contributed by atoms with Crippen LogP contribution >= 0.6 is 0 Å². The van der Waals surface area contributed by atoms with Crippen LogP contribution in [0, 0.1) is 0 Å². The summed E-state index contributed by atoms with van der Waals surface area (Å²) in [4.78, 5) is 5.76. The van der Waals surface area contributed by atoms with Gasteiger partial charge in [0.05, 0.1) is 18.8 Å². The van der Waals surface area contributed by atoms with E-state index >= 15 is 0 Å². The third-order valence-electron chi connectivity index (χ3n) is 4.24. The normalized spacial score (nSPS) is 26.6. The van der Waals surface area contributed by atoms with Gasteiger partial charge in [-0.15, -0.1) is 6.58 Å². The highest BCUT2D eigenvalue weighted by molar-refractivity contribution is 6.74. The molecular weight excluding hydrogens is 242 g/mol. The summed E-state index contributed by atoms with van der Waals surface area (Å²) < 4.78 is 6.27. The average molecular weight is 271 g/mol. The predicted octanol–water partition coefficient (Wildman–Crippen LogP) is 3.59. The Hall–Kier alpha value is -0.163. The van der Waals surface area contributed by atoms with E-state index in [2.05, 4.69) is 40.4 Å². The zero-order chi connectivity index (χ0) is 14.0. The van der Waals surface area contributed by atoms with E-state index in [4.69, 9.17) is 9.26 Å². The van der Waals surface area contributed by atoms with Crippen LogP contribution in [0.5, 0.6) is 0 Å². The Morgan fingerprint density at radius 2 is 2.06 bits per heavy atom. The third kappa shape index (κ3) is 3.92. The molecule has 2 atom stereocenters. The van der Waals surface area contributed by atoms with Gasteiger partial charge in [-0.3, -0.25) is 4.84 Å². The first kappa shape index (κ1) is 15.9. The summed E-state index contributed by atoms with van der Waals surface area (Å²) in [5.74, 6) is 0. The van der Waals surface area contributed by atoms with Gasteiger partial charge < -0.3 is 4.43 Å². The largest absolute Gasteiger partial charge is 0.415 e. The van der Waals surface area contributed by atoms with Crippen LogP contribution < -0.4 is 0 Å².